The molecule has 1 aromatic heterocycles. The third kappa shape index (κ3) is 6.48. The van der Waals surface area contributed by atoms with Crippen molar-refractivity contribution in [2.75, 3.05) is 0 Å². The lowest BCUT2D eigenvalue weighted by molar-refractivity contribution is -0.165. The Morgan fingerprint density at radius 3 is 2.13 bits per heavy atom. The second kappa shape index (κ2) is 10.8. The summed E-state index contributed by atoms with van der Waals surface area (Å²) in [6.45, 7) is 1.48. The second-order valence-corrected chi connectivity index (χ2v) is 8.03. The van der Waals surface area contributed by atoms with Crippen molar-refractivity contribution in [2.24, 2.45) is 0 Å². The van der Waals surface area contributed by atoms with E-state index >= 15 is 0 Å². The van der Waals surface area contributed by atoms with E-state index in [4.69, 9.17) is 17.1 Å². The monoisotopic (exact) mass is 433 g/mol. The molecule has 0 saturated heterocycles. The van der Waals surface area contributed by atoms with Gasteiger partial charge in [0.25, 0.3) is 0 Å². The zero-order valence-corrected chi connectivity index (χ0v) is 18.4. The minimum atomic E-state index is -1.57. The summed E-state index contributed by atoms with van der Waals surface area (Å²) >= 11 is 5.12. The molecule has 0 amide bonds. The van der Waals surface area contributed by atoms with E-state index in [1.807, 2.05) is 36.4 Å². The smallest absolute Gasteiger partial charge is 0.363 e. The van der Waals surface area contributed by atoms with Crippen LogP contribution < -0.4 is 4.84 Å². The van der Waals surface area contributed by atoms with E-state index in [0.29, 0.717) is 17.5 Å². The fourth-order valence-electron chi connectivity index (χ4n) is 3.28. The average Bonchev–Trinajstić information content (AvgIpc) is 2.79. The van der Waals surface area contributed by atoms with Crippen LogP contribution in [-0.4, -0.2) is 21.4 Å². The molecule has 0 saturated carbocycles. The van der Waals surface area contributed by atoms with Crippen LogP contribution in [0.2, 0.25) is 0 Å². The van der Waals surface area contributed by atoms with Crippen molar-refractivity contribution in [3.63, 3.8) is 0 Å². The molecule has 0 aliphatic carbocycles. The molecule has 0 aliphatic heterocycles. The summed E-state index contributed by atoms with van der Waals surface area (Å²) < 4.78 is 1.56. The number of aliphatic hydroxyl groups is 1. The van der Waals surface area contributed by atoms with E-state index in [-0.39, 0.29) is 0 Å². The van der Waals surface area contributed by atoms with Crippen molar-refractivity contribution in [1.82, 2.24) is 4.73 Å². The summed E-state index contributed by atoms with van der Waals surface area (Å²) in [6.07, 6.45) is 6.46. The van der Waals surface area contributed by atoms with Crippen LogP contribution in [0.1, 0.15) is 43.7 Å². The van der Waals surface area contributed by atoms with Crippen molar-refractivity contribution in [1.29, 1.82) is 0 Å². The van der Waals surface area contributed by atoms with Crippen molar-refractivity contribution in [3.8, 4) is 0 Å². The number of hydrogen-bond donors (Lipinski definition) is 1. The first-order valence-corrected chi connectivity index (χ1v) is 10.8. The number of allylic oxidation sites excluding steroid dienone is 1. The Bertz CT molecular complexity index is 1030. The summed E-state index contributed by atoms with van der Waals surface area (Å²) in [5.74, 6) is -0.709. The normalized spacial score (nSPS) is 12.6. The number of pyridine rings is 1. The minimum absolute atomic E-state index is 0.311. The number of carbonyl (C=O) groups is 1. The molecule has 1 heterocycles. The van der Waals surface area contributed by atoms with Gasteiger partial charge in [-0.05, 0) is 61.4 Å². The van der Waals surface area contributed by atoms with Crippen LogP contribution in [-0.2, 0) is 4.79 Å². The second-order valence-electron chi connectivity index (χ2n) is 7.61. The Kier molecular flexibility index (Phi) is 7.93. The lowest BCUT2D eigenvalue weighted by Crippen LogP contribution is -2.41. The predicted octanol–water partition coefficient (Wildman–Crippen LogP) is 5.62. The number of benzene rings is 2. The predicted molar refractivity (Wildman–Crippen MR) is 126 cm³/mol. The molecule has 3 aromatic rings. The van der Waals surface area contributed by atoms with Gasteiger partial charge in [0.2, 0.25) is 0 Å². The Hall–Kier alpha value is -3.02. The largest absolute Gasteiger partial charge is 0.378 e. The summed E-state index contributed by atoms with van der Waals surface area (Å²) in [7, 11) is 0. The number of carbonyl (C=O) groups excluding carboxylic acids is 1. The highest BCUT2D eigenvalue weighted by molar-refractivity contribution is 7.71. The first-order valence-electron chi connectivity index (χ1n) is 10.4. The third-order valence-electron chi connectivity index (χ3n) is 5.05. The van der Waals surface area contributed by atoms with E-state index in [1.54, 1.807) is 24.4 Å². The molecule has 4 nitrogen and oxygen atoms in total. The van der Waals surface area contributed by atoms with Gasteiger partial charge in [0.1, 0.15) is 4.64 Å². The van der Waals surface area contributed by atoms with Crippen molar-refractivity contribution in [2.45, 2.75) is 38.2 Å². The first-order chi connectivity index (χ1) is 15.0. The molecule has 1 atom stereocenters. The van der Waals surface area contributed by atoms with E-state index in [9.17, 15) is 9.90 Å². The Balaban J connectivity index is 1.58. The van der Waals surface area contributed by atoms with Crippen molar-refractivity contribution < 1.29 is 14.7 Å². The highest BCUT2D eigenvalue weighted by Gasteiger charge is 2.32. The molecule has 3 rings (SSSR count). The Morgan fingerprint density at radius 1 is 0.968 bits per heavy atom. The van der Waals surface area contributed by atoms with Gasteiger partial charge in [-0.3, -0.25) is 0 Å². The van der Waals surface area contributed by atoms with E-state index in [1.165, 1.54) is 28.4 Å². The summed E-state index contributed by atoms with van der Waals surface area (Å²) in [4.78, 5) is 17.6. The molecule has 0 spiro atoms. The van der Waals surface area contributed by atoms with Gasteiger partial charge >= 0.3 is 5.97 Å². The number of nitrogens with zero attached hydrogens (tertiary/aromatic N) is 1. The first kappa shape index (κ1) is 22.7. The van der Waals surface area contributed by atoms with Gasteiger partial charge in [-0.15, -0.1) is 0 Å². The van der Waals surface area contributed by atoms with E-state index < -0.39 is 11.6 Å². The zero-order valence-electron chi connectivity index (χ0n) is 17.6. The Labute approximate surface area is 188 Å². The number of unbranched alkanes of at least 4 members (excludes halogenated alkanes) is 2. The molecule has 1 unspecified atom stereocenters. The molecule has 0 bridgehead atoms. The third-order valence-corrected chi connectivity index (χ3v) is 5.36. The number of rotatable bonds is 9. The number of hydrogen-bond acceptors (Lipinski definition) is 4. The van der Waals surface area contributed by atoms with Crippen LogP contribution in [0.25, 0.3) is 5.57 Å². The lowest BCUT2D eigenvalue weighted by atomic mass is 9.95. The molecule has 0 radical (unpaired) electrons. The molecular formula is C26H27NO3S. The van der Waals surface area contributed by atoms with Gasteiger partial charge in [0.05, 0.1) is 0 Å². The molecule has 0 fully saturated rings. The van der Waals surface area contributed by atoms with Gasteiger partial charge in [0.15, 0.2) is 5.60 Å². The fourth-order valence-corrected chi connectivity index (χ4v) is 3.45. The maximum atomic E-state index is 12.4. The van der Waals surface area contributed by atoms with Crippen LogP contribution >= 0.6 is 12.2 Å². The quantitative estimate of drug-likeness (QED) is 0.352. The van der Waals surface area contributed by atoms with Gasteiger partial charge in [-0.25, -0.2) is 4.79 Å². The molecule has 160 valence electrons. The van der Waals surface area contributed by atoms with E-state index in [2.05, 4.69) is 30.3 Å². The van der Waals surface area contributed by atoms with Crippen molar-refractivity contribution >= 4 is 23.8 Å². The maximum Gasteiger partial charge on any atom is 0.363 e. The molecule has 2 aromatic carbocycles. The van der Waals surface area contributed by atoms with Gasteiger partial charge in [0, 0.05) is 6.20 Å². The Morgan fingerprint density at radius 2 is 1.55 bits per heavy atom. The standard InChI is InChI=1S/C26H27NO3S/c1-26(29,25(28)30-27-20-12-10-18-24(27)31)19-11-4-9-17-23(21-13-5-2-6-14-21)22-15-7-3-8-16-22/h2-3,5-8,10,12-18,20,29H,4,9,11,19H2,1H3. The van der Waals surface area contributed by atoms with Gasteiger partial charge < -0.3 is 9.94 Å². The van der Waals surface area contributed by atoms with Crippen LogP contribution in [0.5, 0.6) is 0 Å². The fraction of sp³-hybridized carbons (Fsp3) is 0.231. The summed E-state index contributed by atoms with van der Waals surface area (Å²) in [5.41, 5.74) is 1.95. The van der Waals surface area contributed by atoms with Gasteiger partial charge in [-0.2, -0.15) is 4.73 Å². The molecule has 31 heavy (non-hydrogen) atoms. The van der Waals surface area contributed by atoms with Crippen LogP contribution in [0.4, 0.5) is 0 Å². The topological polar surface area (TPSA) is 51.5 Å². The SMILES string of the molecule is CC(O)(CCCCC=C(c1ccccc1)c1ccccc1)C(=O)On1ccccc1=S. The highest BCUT2D eigenvalue weighted by Crippen LogP contribution is 2.25. The van der Waals surface area contributed by atoms with Gasteiger partial charge in [-0.1, -0.05) is 85.0 Å². The molecule has 5 heteroatoms. The zero-order chi connectivity index (χ0) is 22.1. The van der Waals surface area contributed by atoms with Crippen LogP contribution in [0.15, 0.2) is 91.1 Å². The van der Waals surface area contributed by atoms with Crippen molar-refractivity contribution in [3.05, 3.63) is 107 Å². The van der Waals surface area contributed by atoms with E-state index in [0.717, 1.165) is 12.8 Å². The lowest BCUT2D eigenvalue weighted by Gasteiger charge is -2.21. The molecule has 0 aliphatic rings. The maximum absolute atomic E-state index is 12.4. The molecular weight excluding hydrogens is 406 g/mol. The highest BCUT2D eigenvalue weighted by atomic mass is 32.1. The van der Waals surface area contributed by atoms with Crippen LogP contribution in [0.3, 0.4) is 0 Å². The average molecular weight is 434 g/mol. The molecule has 1 N–H and O–H groups in total. The van der Waals surface area contributed by atoms with Crippen LogP contribution in [0, 0.1) is 4.64 Å². The number of aromatic nitrogens is 1. The minimum Gasteiger partial charge on any atom is -0.378 e. The summed E-state index contributed by atoms with van der Waals surface area (Å²) in [6, 6.07) is 25.7. The summed E-state index contributed by atoms with van der Waals surface area (Å²) in [5, 5.41) is 10.6.